The molecule has 0 bridgehead atoms. The quantitative estimate of drug-likeness (QED) is 0.895. The largest absolute Gasteiger partial charge is 0.495 e. The summed E-state index contributed by atoms with van der Waals surface area (Å²) in [5.41, 5.74) is 1.24. The normalized spacial score (nSPS) is 20.2. The summed E-state index contributed by atoms with van der Waals surface area (Å²) in [6.07, 6.45) is 2.08. The Kier molecular flexibility index (Phi) is 4.66. The number of hydrogen-bond donors (Lipinski definition) is 1. The van der Waals surface area contributed by atoms with Crippen molar-refractivity contribution in [1.82, 2.24) is 5.32 Å². The average Bonchev–Trinajstić information content (AvgIpc) is 2.38. The predicted octanol–water partition coefficient (Wildman–Crippen LogP) is 2.27. The van der Waals surface area contributed by atoms with E-state index in [2.05, 4.69) is 11.4 Å². The number of benzene rings is 1. The molecule has 1 aromatic carbocycles. The third-order valence-electron chi connectivity index (χ3n) is 3.00. The summed E-state index contributed by atoms with van der Waals surface area (Å²) in [7, 11) is 1.63. The number of methoxy groups -OCH3 is 1. The first-order valence-electron chi connectivity index (χ1n) is 5.93. The molecule has 1 unspecified atom stereocenters. The van der Waals surface area contributed by atoms with Crippen LogP contribution < -0.4 is 10.1 Å². The van der Waals surface area contributed by atoms with Crippen LogP contribution in [0, 0.1) is 0 Å². The monoisotopic (exact) mass is 255 g/mol. The van der Waals surface area contributed by atoms with Crippen LogP contribution in [-0.2, 0) is 11.2 Å². The predicted molar refractivity (Wildman–Crippen MR) is 68.9 cm³/mol. The van der Waals surface area contributed by atoms with Gasteiger partial charge in [-0.05, 0) is 30.5 Å². The van der Waals surface area contributed by atoms with Crippen molar-refractivity contribution in [3.05, 3.63) is 28.8 Å². The summed E-state index contributed by atoms with van der Waals surface area (Å²) in [5, 5.41) is 4.12. The Bertz CT molecular complexity index is 364. The molecule has 0 aromatic heterocycles. The van der Waals surface area contributed by atoms with E-state index >= 15 is 0 Å². The molecule has 3 nitrogen and oxygen atoms in total. The lowest BCUT2D eigenvalue weighted by Gasteiger charge is -2.23. The lowest BCUT2D eigenvalue weighted by atomic mass is 10.0. The van der Waals surface area contributed by atoms with Crippen LogP contribution in [-0.4, -0.2) is 32.9 Å². The van der Waals surface area contributed by atoms with Crippen LogP contribution in [0.1, 0.15) is 12.0 Å². The van der Waals surface area contributed by atoms with Crippen LogP contribution in [0.25, 0.3) is 0 Å². The fourth-order valence-electron chi connectivity index (χ4n) is 2.01. The van der Waals surface area contributed by atoms with E-state index in [1.165, 1.54) is 5.56 Å². The molecule has 1 fully saturated rings. The molecule has 1 heterocycles. The highest BCUT2D eigenvalue weighted by Gasteiger charge is 2.12. The maximum absolute atomic E-state index is 6.09. The highest BCUT2D eigenvalue weighted by molar-refractivity contribution is 6.32. The van der Waals surface area contributed by atoms with Crippen LogP contribution in [0.3, 0.4) is 0 Å². The highest BCUT2D eigenvalue weighted by Crippen LogP contribution is 2.25. The van der Waals surface area contributed by atoms with E-state index in [4.69, 9.17) is 21.1 Å². The zero-order chi connectivity index (χ0) is 12.1. The van der Waals surface area contributed by atoms with E-state index in [0.29, 0.717) is 11.1 Å². The summed E-state index contributed by atoms with van der Waals surface area (Å²) in [6, 6.07) is 6.42. The fourth-order valence-corrected chi connectivity index (χ4v) is 2.29. The van der Waals surface area contributed by atoms with Crippen LogP contribution in [0.15, 0.2) is 18.2 Å². The van der Waals surface area contributed by atoms with Crippen LogP contribution in [0.4, 0.5) is 0 Å². The van der Waals surface area contributed by atoms with Gasteiger partial charge >= 0.3 is 0 Å². The third-order valence-corrected chi connectivity index (χ3v) is 3.29. The maximum Gasteiger partial charge on any atom is 0.137 e. The van der Waals surface area contributed by atoms with E-state index in [0.717, 1.165) is 38.3 Å². The van der Waals surface area contributed by atoms with Crippen molar-refractivity contribution in [2.24, 2.45) is 0 Å². The van der Waals surface area contributed by atoms with Crippen molar-refractivity contribution in [3.8, 4) is 5.75 Å². The number of nitrogens with one attached hydrogen (secondary N) is 1. The molecule has 0 spiro atoms. The van der Waals surface area contributed by atoms with Crippen molar-refractivity contribution in [2.75, 3.05) is 26.9 Å². The van der Waals surface area contributed by atoms with Gasteiger partial charge < -0.3 is 14.8 Å². The first-order valence-corrected chi connectivity index (χ1v) is 6.31. The molecule has 2 rings (SSSR count). The standard InChI is InChI=1S/C13H18ClNO2/c1-16-13-5-3-10(8-12(13)14)2-4-11-9-17-7-6-15-11/h3,5,8,11,15H,2,4,6-7,9H2,1H3. The fraction of sp³-hybridized carbons (Fsp3) is 0.538. The second kappa shape index (κ2) is 6.24. The number of halogens is 1. The molecule has 4 heteroatoms. The van der Waals surface area contributed by atoms with Crippen molar-refractivity contribution in [2.45, 2.75) is 18.9 Å². The number of hydrogen-bond acceptors (Lipinski definition) is 3. The van der Waals surface area contributed by atoms with E-state index in [-0.39, 0.29) is 0 Å². The molecule has 0 radical (unpaired) electrons. The minimum absolute atomic E-state index is 0.463. The molecule has 1 saturated heterocycles. The number of morpholine rings is 1. The van der Waals surface area contributed by atoms with Crippen molar-refractivity contribution in [3.63, 3.8) is 0 Å². The summed E-state index contributed by atoms with van der Waals surface area (Å²) < 4.78 is 10.6. The zero-order valence-corrected chi connectivity index (χ0v) is 10.8. The number of ether oxygens (including phenoxy) is 2. The summed E-state index contributed by atoms with van der Waals surface area (Å²) in [5.74, 6) is 0.731. The van der Waals surface area contributed by atoms with Gasteiger partial charge in [-0.2, -0.15) is 0 Å². The number of rotatable bonds is 4. The minimum Gasteiger partial charge on any atom is -0.495 e. The Hall–Kier alpha value is -0.770. The first-order chi connectivity index (χ1) is 8.29. The van der Waals surface area contributed by atoms with Gasteiger partial charge in [0.25, 0.3) is 0 Å². The zero-order valence-electron chi connectivity index (χ0n) is 10.0. The molecular weight excluding hydrogens is 238 g/mol. The van der Waals surface area contributed by atoms with E-state index in [9.17, 15) is 0 Å². The Morgan fingerprint density at radius 3 is 3.06 bits per heavy atom. The van der Waals surface area contributed by atoms with Crippen LogP contribution in [0.2, 0.25) is 5.02 Å². The van der Waals surface area contributed by atoms with Gasteiger partial charge in [-0.1, -0.05) is 17.7 Å². The number of aryl methyl sites for hydroxylation is 1. The van der Waals surface area contributed by atoms with Gasteiger partial charge in [0.05, 0.1) is 25.3 Å². The van der Waals surface area contributed by atoms with Gasteiger partial charge in [0.1, 0.15) is 5.75 Å². The molecule has 1 N–H and O–H groups in total. The Labute approximate surface area is 107 Å². The first kappa shape index (κ1) is 12.7. The summed E-state index contributed by atoms with van der Waals surface area (Å²) >= 11 is 6.09. The van der Waals surface area contributed by atoms with Crippen molar-refractivity contribution < 1.29 is 9.47 Å². The second-order valence-corrected chi connectivity index (χ2v) is 4.64. The molecule has 94 valence electrons. The van der Waals surface area contributed by atoms with E-state index < -0.39 is 0 Å². The highest BCUT2D eigenvalue weighted by atomic mass is 35.5. The maximum atomic E-state index is 6.09. The minimum atomic E-state index is 0.463. The SMILES string of the molecule is COc1ccc(CCC2COCCN2)cc1Cl. The topological polar surface area (TPSA) is 30.5 Å². The Morgan fingerprint density at radius 2 is 2.41 bits per heavy atom. The van der Waals surface area contributed by atoms with Gasteiger partial charge in [-0.3, -0.25) is 0 Å². The molecule has 1 aliphatic heterocycles. The molecule has 0 aliphatic carbocycles. The summed E-state index contributed by atoms with van der Waals surface area (Å²) in [4.78, 5) is 0. The second-order valence-electron chi connectivity index (χ2n) is 4.23. The third kappa shape index (κ3) is 3.60. The van der Waals surface area contributed by atoms with Gasteiger partial charge in [0.2, 0.25) is 0 Å². The summed E-state index contributed by atoms with van der Waals surface area (Å²) in [6.45, 7) is 2.59. The molecule has 1 atom stereocenters. The molecule has 1 aliphatic rings. The molecule has 17 heavy (non-hydrogen) atoms. The molecule has 0 saturated carbocycles. The van der Waals surface area contributed by atoms with Crippen LogP contribution >= 0.6 is 11.6 Å². The van der Waals surface area contributed by atoms with E-state index in [1.807, 2.05) is 12.1 Å². The van der Waals surface area contributed by atoms with Crippen molar-refractivity contribution >= 4 is 11.6 Å². The van der Waals surface area contributed by atoms with Gasteiger partial charge in [0.15, 0.2) is 0 Å². The Balaban J connectivity index is 1.87. The van der Waals surface area contributed by atoms with E-state index in [1.54, 1.807) is 7.11 Å². The molecule has 1 aromatic rings. The molecule has 0 amide bonds. The smallest absolute Gasteiger partial charge is 0.137 e. The lowest BCUT2D eigenvalue weighted by Crippen LogP contribution is -2.41. The Morgan fingerprint density at radius 1 is 1.53 bits per heavy atom. The average molecular weight is 256 g/mol. The lowest BCUT2D eigenvalue weighted by molar-refractivity contribution is 0.0743. The van der Waals surface area contributed by atoms with Gasteiger partial charge in [0, 0.05) is 12.6 Å². The van der Waals surface area contributed by atoms with Crippen LogP contribution in [0.5, 0.6) is 5.75 Å². The van der Waals surface area contributed by atoms with Crippen molar-refractivity contribution in [1.29, 1.82) is 0 Å². The molecular formula is C13H18ClNO2. The van der Waals surface area contributed by atoms with Gasteiger partial charge in [-0.25, -0.2) is 0 Å². The van der Waals surface area contributed by atoms with Gasteiger partial charge in [-0.15, -0.1) is 0 Å².